The minimum absolute atomic E-state index is 0.634. The molecule has 0 bridgehead atoms. The van der Waals surface area contributed by atoms with Crippen LogP contribution in [0.4, 0.5) is 0 Å². The predicted octanol–water partition coefficient (Wildman–Crippen LogP) is 3.69. The maximum atomic E-state index is 5.24. The van der Waals surface area contributed by atoms with E-state index in [-0.39, 0.29) is 0 Å². The van der Waals surface area contributed by atoms with Crippen molar-refractivity contribution in [3.8, 4) is 0 Å². The van der Waals surface area contributed by atoms with E-state index in [1.165, 1.54) is 10.5 Å². The summed E-state index contributed by atoms with van der Waals surface area (Å²) in [5, 5.41) is 4.15. The van der Waals surface area contributed by atoms with Gasteiger partial charge in [-0.05, 0) is 36.2 Å². The van der Waals surface area contributed by atoms with Crippen LogP contribution in [0.2, 0.25) is 0 Å². The number of thioether (sulfide) groups is 1. The van der Waals surface area contributed by atoms with Crippen molar-refractivity contribution in [2.24, 2.45) is 5.92 Å². The predicted molar refractivity (Wildman–Crippen MR) is 81.2 cm³/mol. The first kappa shape index (κ1) is 14.4. The zero-order valence-corrected chi connectivity index (χ0v) is 13.3. The zero-order chi connectivity index (χ0) is 13.0. The molecule has 18 heavy (non-hydrogen) atoms. The number of benzene rings is 1. The molecule has 0 atom stereocenters. The van der Waals surface area contributed by atoms with E-state index >= 15 is 0 Å². The van der Waals surface area contributed by atoms with Gasteiger partial charge in [0.2, 0.25) is 0 Å². The minimum atomic E-state index is 0.634. The second-order valence-electron chi connectivity index (χ2n) is 5.05. The summed E-state index contributed by atoms with van der Waals surface area (Å²) in [7, 11) is 0. The highest BCUT2D eigenvalue weighted by Gasteiger charge is 2.20. The molecule has 1 aromatic carbocycles. The average molecular weight is 330 g/mol. The van der Waals surface area contributed by atoms with Gasteiger partial charge in [-0.3, -0.25) is 0 Å². The summed E-state index contributed by atoms with van der Waals surface area (Å²) in [6, 6.07) is 6.54. The Morgan fingerprint density at radius 3 is 2.83 bits per heavy atom. The monoisotopic (exact) mass is 329 g/mol. The molecule has 0 radical (unpaired) electrons. The van der Waals surface area contributed by atoms with E-state index in [4.69, 9.17) is 4.74 Å². The summed E-state index contributed by atoms with van der Waals surface area (Å²) in [5.74, 6) is 0.688. The van der Waals surface area contributed by atoms with Crippen molar-refractivity contribution in [2.45, 2.75) is 30.5 Å². The summed E-state index contributed by atoms with van der Waals surface area (Å²) in [5.41, 5.74) is 1.38. The van der Waals surface area contributed by atoms with Crippen molar-refractivity contribution in [1.82, 2.24) is 5.32 Å². The fourth-order valence-corrected chi connectivity index (χ4v) is 3.28. The van der Waals surface area contributed by atoms with Crippen LogP contribution in [0, 0.1) is 5.92 Å². The summed E-state index contributed by atoms with van der Waals surface area (Å²) < 4.78 is 6.39. The van der Waals surface area contributed by atoms with E-state index in [2.05, 4.69) is 53.3 Å². The first-order valence-corrected chi connectivity index (χ1v) is 8.06. The molecule has 1 aromatic rings. The lowest BCUT2D eigenvalue weighted by atomic mass is 10.2. The smallest absolute Gasteiger partial charge is 0.0611 e. The molecular weight excluding hydrogens is 310 g/mol. The molecule has 4 heteroatoms. The van der Waals surface area contributed by atoms with Gasteiger partial charge in [0.05, 0.1) is 18.5 Å². The average Bonchev–Trinajstić information content (AvgIpc) is 2.25. The Labute approximate surface area is 122 Å². The molecule has 0 saturated carbocycles. The molecule has 100 valence electrons. The highest BCUT2D eigenvalue weighted by atomic mass is 79.9. The summed E-state index contributed by atoms with van der Waals surface area (Å²) in [6.45, 7) is 8.24. The number of rotatable bonds is 6. The van der Waals surface area contributed by atoms with Crippen LogP contribution in [0.1, 0.15) is 19.4 Å². The Balaban J connectivity index is 1.98. The normalized spacial score (nSPS) is 16.0. The highest BCUT2D eigenvalue weighted by molar-refractivity contribution is 9.10. The van der Waals surface area contributed by atoms with Gasteiger partial charge in [0, 0.05) is 15.9 Å². The lowest BCUT2D eigenvalue weighted by Crippen LogP contribution is -2.30. The second-order valence-corrected chi connectivity index (χ2v) is 7.31. The van der Waals surface area contributed by atoms with Gasteiger partial charge >= 0.3 is 0 Å². The van der Waals surface area contributed by atoms with Crippen LogP contribution in [0.15, 0.2) is 27.6 Å². The van der Waals surface area contributed by atoms with Crippen LogP contribution in [0.25, 0.3) is 0 Å². The van der Waals surface area contributed by atoms with Gasteiger partial charge in [-0.1, -0.05) is 29.8 Å². The van der Waals surface area contributed by atoms with E-state index in [9.17, 15) is 0 Å². The number of ether oxygens (including phenoxy) is 1. The molecule has 1 aliphatic rings. The van der Waals surface area contributed by atoms with E-state index < -0.39 is 0 Å². The van der Waals surface area contributed by atoms with E-state index in [0.717, 1.165) is 30.8 Å². The molecule has 2 nitrogen and oxygen atoms in total. The highest BCUT2D eigenvalue weighted by Crippen LogP contribution is 2.32. The topological polar surface area (TPSA) is 21.3 Å². The van der Waals surface area contributed by atoms with Gasteiger partial charge in [0.15, 0.2) is 0 Å². The molecule has 0 amide bonds. The van der Waals surface area contributed by atoms with Crippen molar-refractivity contribution in [2.75, 3.05) is 19.8 Å². The van der Waals surface area contributed by atoms with Crippen molar-refractivity contribution in [3.63, 3.8) is 0 Å². The summed E-state index contributed by atoms with van der Waals surface area (Å²) in [6.07, 6.45) is 0. The van der Waals surface area contributed by atoms with Gasteiger partial charge < -0.3 is 10.1 Å². The van der Waals surface area contributed by atoms with Crippen LogP contribution in [0.3, 0.4) is 0 Å². The zero-order valence-electron chi connectivity index (χ0n) is 10.9. The molecule has 0 unspecified atom stereocenters. The molecule has 1 aliphatic heterocycles. The number of nitrogens with one attached hydrogen (secondary N) is 1. The third kappa shape index (κ3) is 4.26. The molecule has 0 spiro atoms. The van der Waals surface area contributed by atoms with Gasteiger partial charge in [0.1, 0.15) is 0 Å². The lowest BCUT2D eigenvalue weighted by molar-refractivity contribution is 0.0455. The van der Waals surface area contributed by atoms with E-state index in [0.29, 0.717) is 11.2 Å². The van der Waals surface area contributed by atoms with Crippen LogP contribution in [0.5, 0.6) is 0 Å². The number of halogens is 1. The second kappa shape index (κ2) is 6.94. The SMILES string of the molecule is CC(C)CNCc1cc(Br)ccc1SC1COC1. The largest absolute Gasteiger partial charge is 0.379 e. The van der Waals surface area contributed by atoms with Gasteiger partial charge in [-0.25, -0.2) is 0 Å². The minimum Gasteiger partial charge on any atom is -0.379 e. The molecule has 1 fully saturated rings. The van der Waals surface area contributed by atoms with Crippen molar-refractivity contribution in [3.05, 3.63) is 28.2 Å². The number of hydrogen-bond donors (Lipinski definition) is 1. The van der Waals surface area contributed by atoms with Gasteiger partial charge in [0.25, 0.3) is 0 Å². The summed E-state index contributed by atoms with van der Waals surface area (Å²) >= 11 is 5.49. The Hall–Kier alpha value is -0.0300. The van der Waals surface area contributed by atoms with Crippen LogP contribution >= 0.6 is 27.7 Å². The lowest BCUT2D eigenvalue weighted by Gasteiger charge is -2.26. The third-order valence-corrected chi connectivity index (χ3v) is 4.54. The first-order chi connectivity index (χ1) is 8.65. The van der Waals surface area contributed by atoms with E-state index in [1.807, 2.05) is 11.8 Å². The van der Waals surface area contributed by atoms with Crippen LogP contribution in [-0.2, 0) is 11.3 Å². The standard InChI is InChI=1S/C14H20BrNOS/c1-10(2)6-16-7-11-5-12(15)3-4-14(11)18-13-8-17-9-13/h3-5,10,13,16H,6-9H2,1-2H3. The van der Waals surface area contributed by atoms with Crippen molar-refractivity contribution >= 4 is 27.7 Å². The Bertz CT molecular complexity index is 393. The third-order valence-electron chi connectivity index (χ3n) is 2.79. The maximum Gasteiger partial charge on any atom is 0.0611 e. The van der Waals surface area contributed by atoms with Crippen LogP contribution in [-0.4, -0.2) is 25.0 Å². The fourth-order valence-electron chi connectivity index (χ4n) is 1.76. The van der Waals surface area contributed by atoms with Crippen molar-refractivity contribution in [1.29, 1.82) is 0 Å². The maximum absolute atomic E-state index is 5.24. The molecule has 2 rings (SSSR count). The Morgan fingerprint density at radius 1 is 1.44 bits per heavy atom. The quantitative estimate of drug-likeness (QED) is 0.860. The van der Waals surface area contributed by atoms with Gasteiger partial charge in [-0.15, -0.1) is 11.8 Å². The first-order valence-electron chi connectivity index (χ1n) is 6.38. The molecule has 1 saturated heterocycles. The van der Waals surface area contributed by atoms with E-state index in [1.54, 1.807) is 0 Å². The molecule has 0 aliphatic carbocycles. The Morgan fingerprint density at radius 2 is 2.22 bits per heavy atom. The molecular formula is C14H20BrNOS. The molecule has 0 aromatic heterocycles. The van der Waals surface area contributed by atoms with Crippen LogP contribution < -0.4 is 5.32 Å². The summed E-state index contributed by atoms with van der Waals surface area (Å²) in [4.78, 5) is 1.38. The van der Waals surface area contributed by atoms with Crippen molar-refractivity contribution < 1.29 is 4.74 Å². The molecule has 1 N–H and O–H groups in total. The Kier molecular flexibility index (Phi) is 5.55. The van der Waals surface area contributed by atoms with Gasteiger partial charge in [-0.2, -0.15) is 0 Å². The molecule has 1 heterocycles. The fraction of sp³-hybridized carbons (Fsp3) is 0.571. The number of hydrogen-bond acceptors (Lipinski definition) is 3.